The van der Waals surface area contributed by atoms with Crippen LogP contribution in [-0.2, 0) is 20.1 Å². The van der Waals surface area contributed by atoms with Gasteiger partial charge in [-0.15, -0.1) is 0 Å². The number of rotatable bonds is 5. The Kier molecular flexibility index (Phi) is 5.30. The molecule has 0 atom stereocenters. The zero-order valence-corrected chi connectivity index (χ0v) is 15.8. The molecule has 0 unspecified atom stereocenters. The molecule has 0 N–H and O–H groups in total. The summed E-state index contributed by atoms with van der Waals surface area (Å²) in [5.41, 5.74) is 2.75. The van der Waals surface area contributed by atoms with E-state index >= 15 is 0 Å². The van der Waals surface area contributed by atoms with Gasteiger partial charge >= 0.3 is 0 Å². The summed E-state index contributed by atoms with van der Waals surface area (Å²) in [6.45, 7) is 2.65. The van der Waals surface area contributed by atoms with Crippen molar-refractivity contribution < 1.29 is 4.39 Å². The van der Waals surface area contributed by atoms with Crippen LogP contribution in [0.2, 0.25) is 5.02 Å². The van der Waals surface area contributed by atoms with Crippen molar-refractivity contribution in [3.8, 4) is 5.69 Å². The largest absolute Gasteiger partial charge is 0.297 e. The highest BCUT2D eigenvalue weighted by molar-refractivity contribution is 6.31. The van der Waals surface area contributed by atoms with Gasteiger partial charge in [-0.05, 0) is 38.2 Å². The molecule has 0 aliphatic rings. The summed E-state index contributed by atoms with van der Waals surface area (Å²) in [4.78, 5) is 14.8. The van der Waals surface area contributed by atoms with E-state index in [2.05, 4.69) is 0 Å². The fourth-order valence-electron chi connectivity index (χ4n) is 3.08. The van der Waals surface area contributed by atoms with Gasteiger partial charge in [0.05, 0.1) is 11.3 Å². The number of benzene rings is 2. The molecule has 4 nitrogen and oxygen atoms in total. The molecule has 2 aromatic carbocycles. The highest BCUT2D eigenvalue weighted by Crippen LogP contribution is 2.21. The maximum atomic E-state index is 14.0. The van der Waals surface area contributed by atoms with Gasteiger partial charge in [0, 0.05) is 36.4 Å². The minimum Gasteiger partial charge on any atom is -0.297 e. The molecule has 0 spiro atoms. The minimum absolute atomic E-state index is 0.0670. The molecular formula is C20H21ClFN3O. The molecule has 0 aliphatic carbocycles. The summed E-state index contributed by atoms with van der Waals surface area (Å²) in [5, 5.41) is 0.392. The van der Waals surface area contributed by atoms with Crippen LogP contribution in [0.15, 0.2) is 53.3 Å². The van der Waals surface area contributed by atoms with Gasteiger partial charge in [-0.25, -0.2) is 9.07 Å². The van der Waals surface area contributed by atoms with Gasteiger partial charge in [0.2, 0.25) is 0 Å². The fourth-order valence-corrected chi connectivity index (χ4v) is 3.31. The molecule has 0 amide bonds. The van der Waals surface area contributed by atoms with Gasteiger partial charge in [-0.3, -0.25) is 14.4 Å². The van der Waals surface area contributed by atoms with Crippen molar-refractivity contribution in [2.24, 2.45) is 7.05 Å². The molecule has 26 heavy (non-hydrogen) atoms. The molecule has 0 radical (unpaired) electrons. The molecule has 0 fully saturated rings. The van der Waals surface area contributed by atoms with Crippen LogP contribution in [0.1, 0.15) is 16.8 Å². The maximum absolute atomic E-state index is 14.0. The minimum atomic E-state index is -0.337. The lowest BCUT2D eigenvalue weighted by Gasteiger charge is -2.17. The van der Waals surface area contributed by atoms with Crippen LogP contribution in [0.25, 0.3) is 5.69 Å². The van der Waals surface area contributed by atoms with Crippen molar-refractivity contribution in [2.45, 2.75) is 20.0 Å². The average Bonchev–Trinajstić information content (AvgIpc) is 2.82. The Morgan fingerprint density at radius 3 is 2.35 bits per heavy atom. The van der Waals surface area contributed by atoms with Crippen molar-refractivity contribution in [2.75, 3.05) is 7.05 Å². The van der Waals surface area contributed by atoms with Crippen LogP contribution in [0.4, 0.5) is 4.39 Å². The third-order valence-electron chi connectivity index (χ3n) is 4.59. The second kappa shape index (κ2) is 7.48. The Morgan fingerprint density at radius 1 is 1.04 bits per heavy atom. The van der Waals surface area contributed by atoms with Gasteiger partial charge < -0.3 is 0 Å². The molecule has 6 heteroatoms. The highest BCUT2D eigenvalue weighted by atomic mass is 35.5. The van der Waals surface area contributed by atoms with Crippen molar-refractivity contribution in [3.05, 3.63) is 86.5 Å². The molecule has 3 aromatic rings. The smallest absolute Gasteiger partial charge is 0.276 e. The molecule has 1 aromatic heterocycles. The van der Waals surface area contributed by atoms with Crippen molar-refractivity contribution in [1.29, 1.82) is 0 Å². The van der Waals surface area contributed by atoms with E-state index in [1.54, 1.807) is 16.8 Å². The molecule has 0 saturated carbocycles. The number of halogens is 2. The third kappa shape index (κ3) is 3.45. The second-order valence-electron chi connectivity index (χ2n) is 6.41. The summed E-state index contributed by atoms with van der Waals surface area (Å²) >= 11 is 6.11. The molecule has 3 rings (SSSR count). The van der Waals surface area contributed by atoms with Crippen LogP contribution < -0.4 is 5.56 Å². The molecule has 0 saturated heterocycles. The Bertz CT molecular complexity index is 958. The number of nitrogens with zero attached hydrogens (tertiary/aromatic N) is 3. The lowest BCUT2D eigenvalue weighted by Crippen LogP contribution is -2.25. The third-order valence-corrected chi connectivity index (χ3v) is 4.95. The molecule has 136 valence electrons. The van der Waals surface area contributed by atoms with E-state index in [1.807, 2.05) is 60.9 Å². The highest BCUT2D eigenvalue weighted by Gasteiger charge is 2.18. The van der Waals surface area contributed by atoms with Gasteiger partial charge in [0.15, 0.2) is 0 Å². The van der Waals surface area contributed by atoms with E-state index in [4.69, 9.17) is 11.6 Å². The standard InChI is InChI=1S/C20H21ClFN3O/c1-14-16(12-23(2)13-17-18(21)10-7-11-19(17)22)20(26)25(24(14)3)15-8-5-4-6-9-15/h4-11H,12-13H2,1-3H3. The summed E-state index contributed by atoms with van der Waals surface area (Å²) in [7, 11) is 3.71. The zero-order valence-electron chi connectivity index (χ0n) is 15.0. The van der Waals surface area contributed by atoms with Crippen LogP contribution in [0.5, 0.6) is 0 Å². The number of hydrogen-bond donors (Lipinski definition) is 0. The Morgan fingerprint density at radius 2 is 1.69 bits per heavy atom. The molecular weight excluding hydrogens is 353 g/mol. The summed E-state index contributed by atoms with van der Waals surface area (Å²) in [6.07, 6.45) is 0. The van der Waals surface area contributed by atoms with Gasteiger partial charge in [-0.1, -0.05) is 35.9 Å². The first-order valence-electron chi connectivity index (χ1n) is 8.34. The Hall–Kier alpha value is -2.37. The molecule has 0 bridgehead atoms. The lowest BCUT2D eigenvalue weighted by atomic mass is 10.2. The van der Waals surface area contributed by atoms with Crippen LogP contribution in [0.3, 0.4) is 0 Å². The van der Waals surface area contributed by atoms with Crippen LogP contribution in [0, 0.1) is 12.7 Å². The van der Waals surface area contributed by atoms with E-state index in [-0.39, 0.29) is 11.4 Å². The quantitative estimate of drug-likeness (QED) is 0.678. The predicted molar refractivity (Wildman–Crippen MR) is 102 cm³/mol. The predicted octanol–water partition coefficient (Wildman–Crippen LogP) is 3.91. The monoisotopic (exact) mass is 373 g/mol. The van der Waals surface area contributed by atoms with Crippen LogP contribution in [-0.4, -0.2) is 21.3 Å². The second-order valence-corrected chi connectivity index (χ2v) is 6.82. The molecule has 1 heterocycles. The zero-order chi connectivity index (χ0) is 18.8. The summed E-state index contributed by atoms with van der Waals surface area (Å²) in [5.74, 6) is -0.337. The van der Waals surface area contributed by atoms with Gasteiger partial charge in [0.1, 0.15) is 5.82 Å². The van der Waals surface area contributed by atoms with E-state index < -0.39 is 0 Å². The van der Waals surface area contributed by atoms with E-state index in [0.29, 0.717) is 29.2 Å². The topological polar surface area (TPSA) is 30.2 Å². The SMILES string of the molecule is Cc1c(CN(C)Cc2c(F)cccc2Cl)c(=O)n(-c2ccccc2)n1C. The van der Waals surface area contributed by atoms with E-state index in [9.17, 15) is 9.18 Å². The first kappa shape index (κ1) is 18.4. The Labute approximate surface area is 157 Å². The number of aromatic nitrogens is 2. The van der Waals surface area contributed by atoms with Crippen LogP contribution >= 0.6 is 11.6 Å². The fraction of sp³-hybridized carbons (Fsp3) is 0.250. The summed E-state index contributed by atoms with van der Waals surface area (Å²) in [6, 6.07) is 14.2. The van der Waals surface area contributed by atoms with Crippen molar-refractivity contribution >= 4 is 11.6 Å². The number of hydrogen-bond acceptors (Lipinski definition) is 2. The lowest BCUT2D eigenvalue weighted by molar-refractivity contribution is 0.312. The molecule has 0 aliphatic heterocycles. The Balaban J connectivity index is 1.90. The van der Waals surface area contributed by atoms with Gasteiger partial charge in [0.25, 0.3) is 5.56 Å². The summed E-state index contributed by atoms with van der Waals surface area (Å²) < 4.78 is 17.5. The number of para-hydroxylation sites is 1. The van der Waals surface area contributed by atoms with Crippen molar-refractivity contribution in [3.63, 3.8) is 0 Å². The maximum Gasteiger partial charge on any atom is 0.276 e. The average molecular weight is 374 g/mol. The van der Waals surface area contributed by atoms with Gasteiger partial charge in [-0.2, -0.15) is 0 Å². The van der Waals surface area contributed by atoms with E-state index in [0.717, 1.165) is 11.4 Å². The van der Waals surface area contributed by atoms with Crippen molar-refractivity contribution in [1.82, 2.24) is 14.3 Å². The first-order valence-corrected chi connectivity index (χ1v) is 8.72. The normalized spacial score (nSPS) is 11.3. The first-order chi connectivity index (χ1) is 12.4. The van der Waals surface area contributed by atoms with E-state index in [1.165, 1.54) is 6.07 Å².